The summed E-state index contributed by atoms with van der Waals surface area (Å²) in [6.45, 7) is 3.43. The second kappa shape index (κ2) is 7.94. The Bertz CT molecular complexity index is 1260. The predicted molar refractivity (Wildman–Crippen MR) is 124 cm³/mol. The molecule has 152 valence electrons. The molecule has 3 heterocycles. The molecule has 5 rings (SSSR count). The van der Waals surface area contributed by atoms with Gasteiger partial charge in [-0.3, -0.25) is 9.69 Å². The Morgan fingerprint density at radius 2 is 1.97 bits per heavy atom. The lowest BCUT2D eigenvalue weighted by Crippen LogP contribution is -2.49. The normalized spacial score (nSPS) is 15.4. The van der Waals surface area contributed by atoms with Crippen LogP contribution >= 0.6 is 27.3 Å². The minimum atomic E-state index is 0.160. The van der Waals surface area contributed by atoms with E-state index in [0.29, 0.717) is 18.9 Å². The number of piperazine rings is 1. The van der Waals surface area contributed by atoms with Crippen molar-refractivity contribution in [1.82, 2.24) is 19.8 Å². The molecule has 1 fully saturated rings. The topological polar surface area (TPSA) is 75.3 Å². The van der Waals surface area contributed by atoms with Crippen LogP contribution in [0.4, 0.5) is 5.82 Å². The van der Waals surface area contributed by atoms with Gasteiger partial charge in [-0.15, -0.1) is 11.3 Å². The van der Waals surface area contributed by atoms with E-state index >= 15 is 0 Å². The zero-order valence-corrected chi connectivity index (χ0v) is 18.6. The van der Waals surface area contributed by atoms with Gasteiger partial charge in [0.2, 0.25) is 5.91 Å². The fraction of sp³-hybridized carbons (Fsp3) is 0.227. The van der Waals surface area contributed by atoms with Crippen LogP contribution in [0.3, 0.4) is 0 Å². The lowest BCUT2D eigenvalue weighted by atomic mass is 10.1. The zero-order chi connectivity index (χ0) is 20.7. The number of halogens is 1. The number of rotatable bonds is 4. The molecule has 1 amide bonds. The minimum absolute atomic E-state index is 0.160. The Hall–Kier alpha value is -2.55. The van der Waals surface area contributed by atoms with Crippen LogP contribution in [0.15, 0.2) is 53.3 Å². The number of benzene rings is 2. The summed E-state index contributed by atoms with van der Waals surface area (Å²) in [4.78, 5) is 26.5. The molecule has 0 aliphatic carbocycles. The van der Waals surface area contributed by atoms with Crippen LogP contribution in [0, 0.1) is 0 Å². The molecule has 2 aromatic heterocycles. The highest BCUT2D eigenvalue weighted by Gasteiger charge is 2.24. The van der Waals surface area contributed by atoms with Crippen molar-refractivity contribution in [2.24, 2.45) is 0 Å². The SMILES string of the molecule is Nc1ncnc2cc(CN3CCN(Cc4cc5ccc(Br)cc5s4)CC3=O)ccc12. The second-order valence-corrected chi connectivity index (χ2v) is 9.62. The number of amides is 1. The molecular weight excluding hydrogens is 462 g/mol. The first-order valence-corrected chi connectivity index (χ1v) is 11.3. The number of nitrogens with zero attached hydrogens (tertiary/aromatic N) is 4. The van der Waals surface area contributed by atoms with E-state index in [1.807, 2.05) is 23.1 Å². The Labute approximate surface area is 186 Å². The first-order valence-electron chi connectivity index (χ1n) is 9.72. The van der Waals surface area contributed by atoms with Crippen molar-refractivity contribution >= 4 is 60.0 Å². The highest BCUT2D eigenvalue weighted by Crippen LogP contribution is 2.29. The van der Waals surface area contributed by atoms with Crippen molar-refractivity contribution in [2.45, 2.75) is 13.1 Å². The summed E-state index contributed by atoms with van der Waals surface area (Å²) in [5.74, 6) is 0.636. The number of hydrogen-bond donors (Lipinski definition) is 1. The monoisotopic (exact) mass is 481 g/mol. The quantitative estimate of drug-likeness (QED) is 0.476. The van der Waals surface area contributed by atoms with Gasteiger partial charge in [0.05, 0.1) is 12.1 Å². The van der Waals surface area contributed by atoms with Crippen LogP contribution in [0.1, 0.15) is 10.4 Å². The summed E-state index contributed by atoms with van der Waals surface area (Å²) in [5.41, 5.74) is 7.76. The lowest BCUT2D eigenvalue weighted by molar-refractivity contribution is -0.136. The van der Waals surface area contributed by atoms with E-state index in [9.17, 15) is 4.79 Å². The van der Waals surface area contributed by atoms with Crippen molar-refractivity contribution in [3.8, 4) is 0 Å². The second-order valence-electron chi connectivity index (χ2n) is 7.53. The molecule has 8 heteroatoms. The maximum atomic E-state index is 12.8. The van der Waals surface area contributed by atoms with Crippen LogP contribution in [0.25, 0.3) is 21.0 Å². The third-order valence-corrected chi connectivity index (χ3v) is 6.99. The number of carbonyl (C=O) groups is 1. The molecule has 0 spiro atoms. The molecule has 30 heavy (non-hydrogen) atoms. The van der Waals surface area contributed by atoms with Crippen LogP contribution in [-0.4, -0.2) is 45.3 Å². The summed E-state index contributed by atoms with van der Waals surface area (Å²) in [7, 11) is 0. The number of nitrogen functional groups attached to an aromatic ring is 1. The van der Waals surface area contributed by atoms with E-state index in [1.54, 1.807) is 11.3 Å². The average molecular weight is 482 g/mol. The van der Waals surface area contributed by atoms with Crippen molar-refractivity contribution in [3.63, 3.8) is 0 Å². The molecule has 2 aromatic carbocycles. The molecule has 2 N–H and O–H groups in total. The number of fused-ring (bicyclic) bond motifs is 2. The number of thiophene rings is 1. The molecule has 4 aromatic rings. The van der Waals surface area contributed by atoms with Crippen LogP contribution in [-0.2, 0) is 17.9 Å². The van der Waals surface area contributed by atoms with Crippen LogP contribution < -0.4 is 5.73 Å². The predicted octanol–water partition coefficient (Wildman–Crippen LogP) is 4.03. The van der Waals surface area contributed by atoms with Gasteiger partial charge in [-0.25, -0.2) is 9.97 Å². The third kappa shape index (κ3) is 3.90. The number of aromatic nitrogens is 2. The summed E-state index contributed by atoms with van der Waals surface area (Å²) in [6.07, 6.45) is 1.47. The smallest absolute Gasteiger partial charge is 0.237 e. The highest BCUT2D eigenvalue weighted by molar-refractivity contribution is 9.10. The van der Waals surface area contributed by atoms with Gasteiger partial charge in [-0.1, -0.05) is 28.1 Å². The molecule has 1 aliphatic heterocycles. The van der Waals surface area contributed by atoms with Crippen molar-refractivity contribution < 1.29 is 4.79 Å². The first kappa shape index (κ1) is 19.4. The van der Waals surface area contributed by atoms with E-state index in [0.717, 1.165) is 40.6 Å². The van der Waals surface area contributed by atoms with Crippen molar-refractivity contribution in [1.29, 1.82) is 0 Å². The molecule has 1 aliphatic rings. The van der Waals surface area contributed by atoms with Crippen molar-refractivity contribution in [2.75, 3.05) is 25.4 Å². The Morgan fingerprint density at radius 1 is 1.07 bits per heavy atom. The Morgan fingerprint density at radius 3 is 2.83 bits per heavy atom. The summed E-state index contributed by atoms with van der Waals surface area (Å²) >= 11 is 5.32. The lowest BCUT2D eigenvalue weighted by Gasteiger charge is -2.34. The molecule has 6 nitrogen and oxygen atoms in total. The van der Waals surface area contributed by atoms with Gasteiger partial charge in [0.15, 0.2) is 0 Å². The molecule has 0 unspecified atom stereocenters. The van der Waals surface area contributed by atoms with E-state index in [1.165, 1.54) is 21.3 Å². The zero-order valence-electron chi connectivity index (χ0n) is 16.2. The maximum absolute atomic E-state index is 12.8. The van der Waals surface area contributed by atoms with Gasteiger partial charge in [0.1, 0.15) is 12.1 Å². The molecule has 0 bridgehead atoms. The summed E-state index contributed by atoms with van der Waals surface area (Å²) in [6, 6.07) is 14.5. The maximum Gasteiger partial charge on any atom is 0.237 e. The standard InChI is InChI=1S/C22H20BrN5OS/c23-16-3-2-15-8-17(30-20(15)9-16)11-27-5-6-28(21(29)12-27)10-14-1-4-18-19(7-14)25-13-26-22(18)24/h1-4,7-9,13H,5-6,10-12H2,(H2,24,25,26). The average Bonchev–Trinajstić information content (AvgIpc) is 3.11. The van der Waals surface area contributed by atoms with Crippen molar-refractivity contribution in [3.05, 3.63) is 63.7 Å². The summed E-state index contributed by atoms with van der Waals surface area (Å²) in [5, 5.41) is 2.09. The first-order chi connectivity index (χ1) is 14.5. The van der Waals surface area contributed by atoms with Gasteiger partial charge in [0, 0.05) is 45.6 Å². The molecule has 0 saturated carbocycles. The molecule has 0 atom stereocenters. The van der Waals surface area contributed by atoms with Gasteiger partial charge in [0.25, 0.3) is 0 Å². The van der Waals surface area contributed by atoms with E-state index in [4.69, 9.17) is 5.73 Å². The van der Waals surface area contributed by atoms with Gasteiger partial charge in [-0.2, -0.15) is 0 Å². The number of carbonyl (C=O) groups excluding carboxylic acids is 1. The third-order valence-electron chi connectivity index (χ3n) is 5.42. The summed E-state index contributed by atoms with van der Waals surface area (Å²) < 4.78 is 2.36. The van der Waals surface area contributed by atoms with Crippen LogP contribution in [0.5, 0.6) is 0 Å². The fourth-order valence-corrected chi connectivity index (χ4v) is 5.52. The molecule has 1 saturated heterocycles. The van der Waals surface area contributed by atoms with E-state index in [2.05, 4.69) is 55.1 Å². The van der Waals surface area contributed by atoms with E-state index < -0.39 is 0 Å². The van der Waals surface area contributed by atoms with Crippen LogP contribution in [0.2, 0.25) is 0 Å². The Balaban J connectivity index is 1.24. The van der Waals surface area contributed by atoms with Gasteiger partial charge >= 0.3 is 0 Å². The van der Waals surface area contributed by atoms with E-state index in [-0.39, 0.29) is 5.91 Å². The van der Waals surface area contributed by atoms with Gasteiger partial charge in [-0.05, 0) is 41.3 Å². The van der Waals surface area contributed by atoms with Gasteiger partial charge < -0.3 is 10.6 Å². The largest absolute Gasteiger partial charge is 0.383 e. The number of nitrogens with two attached hydrogens (primary N) is 1. The molecule has 0 radical (unpaired) electrons. The fourth-order valence-electron chi connectivity index (χ4n) is 3.86. The minimum Gasteiger partial charge on any atom is -0.383 e. The Kier molecular flexibility index (Phi) is 5.14. The number of hydrogen-bond acceptors (Lipinski definition) is 6. The highest BCUT2D eigenvalue weighted by atomic mass is 79.9. The number of anilines is 1. The molecular formula is C22H20BrN5OS.